The minimum atomic E-state index is -0.253. The first-order valence-electron chi connectivity index (χ1n) is 10.6. The maximum Gasteiger partial charge on any atom is 0.280 e. The van der Waals surface area contributed by atoms with Crippen LogP contribution in [0.3, 0.4) is 0 Å². The molecule has 0 N–H and O–H groups in total. The van der Waals surface area contributed by atoms with E-state index in [0.29, 0.717) is 18.1 Å². The van der Waals surface area contributed by atoms with Crippen molar-refractivity contribution in [3.05, 3.63) is 52.5 Å². The van der Waals surface area contributed by atoms with E-state index in [0.717, 1.165) is 23.9 Å². The predicted octanol–water partition coefficient (Wildman–Crippen LogP) is 3.88. The Bertz CT molecular complexity index is 995. The quantitative estimate of drug-likeness (QED) is 0.602. The van der Waals surface area contributed by atoms with Crippen LogP contribution in [0, 0.1) is 0 Å². The second kappa shape index (κ2) is 6.96. The Labute approximate surface area is 165 Å². The number of aromatic nitrogens is 2. The molecule has 3 heterocycles. The number of hydrogen-bond acceptors (Lipinski definition) is 4. The zero-order valence-corrected chi connectivity index (χ0v) is 16.4. The van der Waals surface area contributed by atoms with Crippen LogP contribution in [0.4, 0.5) is 0 Å². The summed E-state index contributed by atoms with van der Waals surface area (Å²) in [4.78, 5) is 32.3. The van der Waals surface area contributed by atoms with Gasteiger partial charge < -0.3 is 4.57 Å². The van der Waals surface area contributed by atoms with Crippen LogP contribution >= 0.6 is 0 Å². The van der Waals surface area contributed by atoms with Crippen LogP contribution in [-0.2, 0) is 0 Å². The molecule has 5 rings (SSSR count). The summed E-state index contributed by atoms with van der Waals surface area (Å²) in [7, 11) is 0. The van der Waals surface area contributed by atoms with E-state index in [-0.39, 0.29) is 23.1 Å². The average Bonchev–Trinajstić information content (AvgIpc) is 2.98. The molecule has 146 valence electrons. The molecule has 28 heavy (non-hydrogen) atoms. The van der Waals surface area contributed by atoms with Crippen LogP contribution in [0.15, 0.2) is 41.2 Å². The van der Waals surface area contributed by atoms with Crippen LogP contribution in [0.2, 0.25) is 0 Å². The van der Waals surface area contributed by atoms with Crippen LogP contribution in [0.25, 0.3) is 11.0 Å². The molecule has 0 saturated carbocycles. The minimum absolute atomic E-state index is 0.0729. The maximum absolute atomic E-state index is 13.2. The lowest BCUT2D eigenvalue weighted by Gasteiger charge is -2.44. The van der Waals surface area contributed by atoms with Crippen molar-refractivity contribution in [3.63, 3.8) is 0 Å². The molecule has 0 radical (unpaired) electrons. The number of allylic oxidation sites excluding steroid dienone is 1. The van der Waals surface area contributed by atoms with Gasteiger partial charge >= 0.3 is 0 Å². The number of carbonyl (C=O) groups excluding carboxylic acids is 1. The standard InChI is InChI=1S/C23H27N3O2/c1-15(27)22-23(28)26(21-10-6-5-9-20(21)24-22)19-13-17-11-12-18(14-19)25(17)16-7-3-2-4-8-16/h3,5-7,9-10,16-19H,2,4,8,11-14H2,1H3/t16?,17-,18+,19?. The lowest BCUT2D eigenvalue weighted by atomic mass is 9.91. The highest BCUT2D eigenvalue weighted by atomic mass is 16.1. The highest BCUT2D eigenvalue weighted by Gasteiger charge is 2.44. The Kier molecular flexibility index (Phi) is 4.43. The Balaban J connectivity index is 1.55. The number of carbonyl (C=O) groups is 1. The molecule has 0 amide bonds. The molecule has 2 aliphatic heterocycles. The summed E-state index contributed by atoms with van der Waals surface area (Å²) in [5.74, 6) is -0.253. The predicted molar refractivity (Wildman–Crippen MR) is 110 cm³/mol. The normalized spacial score (nSPS) is 30.0. The molecule has 5 nitrogen and oxygen atoms in total. The second-order valence-electron chi connectivity index (χ2n) is 8.56. The third-order valence-corrected chi connectivity index (χ3v) is 6.87. The number of benzene rings is 1. The summed E-state index contributed by atoms with van der Waals surface area (Å²) in [6, 6.07) is 9.47. The summed E-state index contributed by atoms with van der Waals surface area (Å²) < 4.78 is 1.89. The van der Waals surface area contributed by atoms with Crippen molar-refractivity contribution in [2.75, 3.05) is 0 Å². The maximum atomic E-state index is 13.2. The van der Waals surface area contributed by atoms with E-state index in [1.54, 1.807) is 0 Å². The van der Waals surface area contributed by atoms with Crippen LogP contribution in [0.5, 0.6) is 0 Å². The topological polar surface area (TPSA) is 55.2 Å². The third kappa shape index (κ3) is 2.84. The smallest absolute Gasteiger partial charge is 0.280 e. The Morgan fingerprint density at radius 2 is 1.82 bits per heavy atom. The first kappa shape index (κ1) is 17.8. The first-order chi connectivity index (χ1) is 13.6. The van der Waals surface area contributed by atoms with E-state index < -0.39 is 0 Å². The van der Waals surface area contributed by atoms with Gasteiger partial charge in [-0.2, -0.15) is 0 Å². The first-order valence-corrected chi connectivity index (χ1v) is 10.6. The third-order valence-electron chi connectivity index (χ3n) is 6.87. The number of rotatable bonds is 3. The van der Waals surface area contributed by atoms with Crippen molar-refractivity contribution in [2.45, 2.75) is 76.0 Å². The minimum Gasteiger partial charge on any atom is -0.302 e. The number of hydrogen-bond donors (Lipinski definition) is 0. The van der Waals surface area contributed by atoms with Gasteiger partial charge in [0.25, 0.3) is 5.56 Å². The average molecular weight is 377 g/mol. The molecule has 2 unspecified atom stereocenters. The van der Waals surface area contributed by atoms with Gasteiger partial charge in [-0.3, -0.25) is 14.5 Å². The number of fused-ring (bicyclic) bond motifs is 3. The molecular weight excluding hydrogens is 350 g/mol. The van der Waals surface area contributed by atoms with E-state index >= 15 is 0 Å². The largest absolute Gasteiger partial charge is 0.302 e. The number of para-hydroxylation sites is 2. The lowest BCUT2D eigenvalue weighted by molar-refractivity contribution is 0.0745. The zero-order chi connectivity index (χ0) is 19.3. The monoisotopic (exact) mass is 377 g/mol. The molecular formula is C23H27N3O2. The fraction of sp³-hybridized carbons (Fsp3) is 0.522. The molecule has 4 atom stereocenters. The fourth-order valence-electron chi connectivity index (χ4n) is 5.73. The molecule has 2 bridgehead atoms. The van der Waals surface area contributed by atoms with Gasteiger partial charge in [0.05, 0.1) is 11.0 Å². The summed E-state index contributed by atoms with van der Waals surface area (Å²) >= 11 is 0. The van der Waals surface area contributed by atoms with Gasteiger partial charge in [0, 0.05) is 31.1 Å². The lowest BCUT2D eigenvalue weighted by Crippen LogP contribution is -2.50. The number of Topliss-reactive ketones (excluding diaryl/α,β-unsaturated/α-hetero) is 1. The van der Waals surface area contributed by atoms with Crippen molar-refractivity contribution < 1.29 is 4.79 Å². The van der Waals surface area contributed by atoms with E-state index in [1.165, 1.54) is 39.0 Å². The van der Waals surface area contributed by atoms with Gasteiger partial charge in [0.1, 0.15) is 0 Å². The Morgan fingerprint density at radius 3 is 2.50 bits per heavy atom. The number of piperidine rings is 1. The van der Waals surface area contributed by atoms with Gasteiger partial charge in [-0.05, 0) is 57.1 Å². The van der Waals surface area contributed by atoms with Crippen molar-refractivity contribution in [2.24, 2.45) is 0 Å². The molecule has 0 spiro atoms. The molecule has 1 aromatic carbocycles. The van der Waals surface area contributed by atoms with Gasteiger partial charge in [-0.1, -0.05) is 24.3 Å². The molecule has 1 aliphatic carbocycles. The van der Waals surface area contributed by atoms with Gasteiger partial charge in [-0.25, -0.2) is 4.98 Å². The van der Waals surface area contributed by atoms with E-state index in [1.807, 2.05) is 28.8 Å². The van der Waals surface area contributed by atoms with E-state index in [9.17, 15) is 9.59 Å². The summed E-state index contributed by atoms with van der Waals surface area (Å²) in [6.45, 7) is 1.44. The van der Waals surface area contributed by atoms with Crippen LogP contribution in [0.1, 0.15) is 68.4 Å². The molecule has 5 heteroatoms. The second-order valence-corrected chi connectivity index (χ2v) is 8.56. The van der Waals surface area contributed by atoms with Crippen molar-refractivity contribution >= 4 is 16.8 Å². The highest BCUT2D eigenvalue weighted by Crippen LogP contribution is 2.43. The summed E-state index contributed by atoms with van der Waals surface area (Å²) in [6.07, 6.45) is 12.8. The number of ketones is 1. The van der Waals surface area contributed by atoms with Gasteiger partial charge in [-0.15, -0.1) is 0 Å². The highest BCUT2D eigenvalue weighted by molar-refractivity contribution is 5.93. The van der Waals surface area contributed by atoms with Crippen molar-refractivity contribution in [1.29, 1.82) is 0 Å². The fourth-order valence-corrected chi connectivity index (χ4v) is 5.73. The molecule has 2 aromatic rings. The van der Waals surface area contributed by atoms with Crippen molar-refractivity contribution in [1.82, 2.24) is 14.5 Å². The van der Waals surface area contributed by atoms with Crippen LogP contribution in [-0.4, -0.2) is 38.4 Å². The molecule has 2 saturated heterocycles. The summed E-state index contributed by atoms with van der Waals surface area (Å²) in [5.41, 5.74) is 1.44. The van der Waals surface area contributed by atoms with Crippen LogP contribution < -0.4 is 5.56 Å². The summed E-state index contributed by atoms with van der Waals surface area (Å²) in [5, 5.41) is 0. The Morgan fingerprint density at radius 1 is 1.07 bits per heavy atom. The molecule has 3 aliphatic rings. The van der Waals surface area contributed by atoms with Gasteiger partial charge in [0.15, 0.2) is 11.5 Å². The van der Waals surface area contributed by atoms with E-state index in [4.69, 9.17) is 0 Å². The Hall–Kier alpha value is -2.27. The van der Waals surface area contributed by atoms with E-state index in [2.05, 4.69) is 22.0 Å². The van der Waals surface area contributed by atoms with Crippen molar-refractivity contribution in [3.8, 4) is 0 Å². The molecule has 1 aromatic heterocycles. The SMILES string of the molecule is CC(=O)c1nc2ccccc2n(C2C[C@H]3CC[C@@H](C2)N3C2C=CCCC2)c1=O. The molecule has 2 fully saturated rings. The number of nitrogens with zero attached hydrogens (tertiary/aromatic N) is 3. The zero-order valence-electron chi connectivity index (χ0n) is 16.4. The van der Waals surface area contributed by atoms with Gasteiger partial charge in [0.2, 0.25) is 0 Å².